The van der Waals surface area contributed by atoms with Gasteiger partial charge in [-0.05, 0) is 12.1 Å². The fourth-order valence-corrected chi connectivity index (χ4v) is 2.18. The zero-order chi connectivity index (χ0) is 13.4. The predicted molar refractivity (Wildman–Crippen MR) is 64.3 cm³/mol. The molecule has 2 rings (SSSR count). The van der Waals surface area contributed by atoms with E-state index >= 15 is 0 Å². The van der Waals surface area contributed by atoms with E-state index in [0.29, 0.717) is 5.69 Å². The summed E-state index contributed by atoms with van der Waals surface area (Å²) in [6.07, 6.45) is -0.354. The van der Waals surface area contributed by atoms with Crippen LogP contribution in [0.3, 0.4) is 0 Å². The Morgan fingerprint density at radius 1 is 1.44 bits per heavy atom. The van der Waals surface area contributed by atoms with Crippen LogP contribution in [0.2, 0.25) is 0 Å². The molecule has 96 valence electrons. The van der Waals surface area contributed by atoms with Gasteiger partial charge >= 0.3 is 5.97 Å². The number of benzene rings is 1. The quantitative estimate of drug-likeness (QED) is 0.855. The van der Waals surface area contributed by atoms with Gasteiger partial charge in [-0.15, -0.1) is 0 Å². The van der Waals surface area contributed by atoms with Crippen LogP contribution < -0.4 is 9.80 Å². The van der Waals surface area contributed by atoms with Crippen molar-refractivity contribution in [3.05, 3.63) is 24.0 Å². The monoisotopic (exact) mass is 252 g/mol. The molecule has 0 aromatic heterocycles. The van der Waals surface area contributed by atoms with Crippen LogP contribution in [0.25, 0.3) is 0 Å². The van der Waals surface area contributed by atoms with E-state index in [2.05, 4.69) is 0 Å². The second kappa shape index (κ2) is 4.29. The molecule has 18 heavy (non-hydrogen) atoms. The van der Waals surface area contributed by atoms with Gasteiger partial charge < -0.3 is 14.9 Å². The molecule has 1 aliphatic heterocycles. The molecule has 1 aromatic carbocycles. The smallest absolute Gasteiger partial charge is 0.305 e. The lowest BCUT2D eigenvalue weighted by molar-refractivity contribution is -0.139. The number of carboxylic acid groups (broad SMARTS) is 1. The van der Waals surface area contributed by atoms with Crippen molar-refractivity contribution in [2.24, 2.45) is 0 Å². The first-order valence-electron chi connectivity index (χ1n) is 5.44. The van der Waals surface area contributed by atoms with Gasteiger partial charge in [0.15, 0.2) is 0 Å². The molecule has 1 heterocycles. The van der Waals surface area contributed by atoms with Crippen LogP contribution in [-0.2, 0) is 9.59 Å². The molecule has 0 radical (unpaired) electrons. The summed E-state index contributed by atoms with van der Waals surface area (Å²) in [6, 6.07) is 3.56. The maximum Gasteiger partial charge on any atom is 0.305 e. The zero-order valence-corrected chi connectivity index (χ0v) is 10.1. The van der Waals surface area contributed by atoms with Gasteiger partial charge in [-0.3, -0.25) is 9.59 Å². The SMILES string of the molecule is CN1C(=O)C(CC(=O)O)N(C)c2c(F)cccc21. The summed E-state index contributed by atoms with van der Waals surface area (Å²) >= 11 is 0. The Balaban J connectivity index is 2.51. The number of halogens is 1. The molecule has 0 bridgehead atoms. The molecule has 1 N–H and O–H groups in total. The second-order valence-electron chi connectivity index (χ2n) is 4.23. The standard InChI is InChI=1S/C12H13FN2O3/c1-14-9(6-10(16)17)12(18)15(2)8-5-3-4-7(13)11(8)14/h3-5,9H,6H2,1-2H3,(H,16,17). The van der Waals surface area contributed by atoms with Gasteiger partial charge in [0.25, 0.3) is 0 Å². The van der Waals surface area contributed by atoms with E-state index in [-0.39, 0.29) is 18.0 Å². The first-order valence-corrected chi connectivity index (χ1v) is 5.44. The van der Waals surface area contributed by atoms with E-state index < -0.39 is 17.8 Å². The van der Waals surface area contributed by atoms with Crippen molar-refractivity contribution in [2.75, 3.05) is 23.9 Å². The average molecular weight is 252 g/mol. The number of fused-ring (bicyclic) bond motifs is 1. The maximum absolute atomic E-state index is 13.8. The summed E-state index contributed by atoms with van der Waals surface area (Å²) < 4.78 is 13.8. The number of para-hydroxylation sites is 1. The number of carboxylic acids is 1. The molecule has 1 amide bonds. The molecule has 1 aromatic rings. The largest absolute Gasteiger partial charge is 0.481 e. The van der Waals surface area contributed by atoms with Crippen LogP contribution in [0.4, 0.5) is 15.8 Å². The number of amides is 1. The van der Waals surface area contributed by atoms with Gasteiger partial charge in [0.2, 0.25) is 5.91 Å². The molecule has 0 saturated carbocycles. The van der Waals surface area contributed by atoms with Crippen molar-refractivity contribution >= 4 is 23.3 Å². The highest BCUT2D eigenvalue weighted by atomic mass is 19.1. The van der Waals surface area contributed by atoms with Crippen LogP contribution in [0.5, 0.6) is 0 Å². The minimum atomic E-state index is -1.09. The van der Waals surface area contributed by atoms with Gasteiger partial charge in [0, 0.05) is 14.1 Å². The molecule has 0 fully saturated rings. The number of rotatable bonds is 2. The maximum atomic E-state index is 13.8. The second-order valence-corrected chi connectivity index (χ2v) is 4.23. The zero-order valence-electron chi connectivity index (χ0n) is 10.1. The summed E-state index contributed by atoms with van der Waals surface area (Å²) in [5.41, 5.74) is 0.704. The van der Waals surface area contributed by atoms with Crippen molar-refractivity contribution in [3.63, 3.8) is 0 Å². The van der Waals surface area contributed by atoms with Gasteiger partial charge in [0.05, 0.1) is 17.8 Å². The van der Waals surface area contributed by atoms with E-state index in [4.69, 9.17) is 5.11 Å². The fraction of sp³-hybridized carbons (Fsp3) is 0.333. The van der Waals surface area contributed by atoms with E-state index in [0.717, 1.165) is 0 Å². The molecule has 1 aliphatic rings. The number of nitrogens with zero attached hydrogens (tertiary/aromatic N) is 2. The van der Waals surface area contributed by atoms with Crippen molar-refractivity contribution in [3.8, 4) is 0 Å². The molecule has 0 spiro atoms. The lowest BCUT2D eigenvalue weighted by atomic mass is 10.0. The number of likely N-dealkylation sites (N-methyl/N-ethyl adjacent to an activating group) is 2. The van der Waals surface area contributed by atoms with E-state index in [1.54, 1.807) is 6.07 Å². The summed E-state index contributed by atoms with van der Waals surface area (Å²) in [7, 11) is 3.04. The minimum Gasteiger partial charge on any atom is -0.481 e. The third-order valence-electron chi connectivity index (χ3n) is 3.13. The molecule has 6 heteroatoms. The highest BCUT2D eigenvalue weighted by molar-refractivity contribution is 6.06. The van der Waals surface area contributed by atoms with E-state index in [9.17, 15) is 14.0 Å². The molecule has 0 aliphatic carbocycles. The number of carbonyl (C=O) groups excluding carboxylic acids is 1. The topological polar surface area (TPSA) is 60.9 Å². The van der Waals surface area contributed by atoms with Crippen LogP contribution in [0.1, 0.15) is 6.42 Å². The third-order valence-corrected chi connectivity index (χ3v) is 3.13. The Kier molecular flexibility index (Phi) is 2.94. The third kappa shape index (κ3) is 1.79. The van der Waals surface area contributed by atoms with Crippen LogP contribution in [0.15, 0.2) is 18.2 Å². The predicted octanol–water partition coefficient (Wildman–Crippen LogP) is 1.08. The molecule has 1 atom stereocenters. The van der Waals surface area contributed by atoms with E-state index in [1.807, 2.05) is 0 Å². The molecule has 5 nitrogen and oxygen atoms in total. The highest BCUT2D eigenvalue weighted by Gasteiger charge is 2.37. The minimum absolute atomic E-state index is 0.255. The fourth-order valence-electron chi connectivity index (χ4n) is 2.18. The summed E-state index contributed by atoms with van der Waals surface area (Å²) in [5, 5.41) is 8.81. The Morgan fingerprint density at radius 3 is 2.72 bits per heavy atom. The van der Waals surface area contributed by atoms with Crippen molar-refractivity contribution in [2.45, 2.75) is 12.5 Å². The number of carbonyl (C=O) groups is 2. The van der Waals surface area contributed by atoms with Gasteiger partial charge in [0.1, 0.15) is 11.9 Å². The first-order chi connectivity index (χ1) is 8.43. The van der Waals surface area contributed by atoms with Crippen LogP contribution >= 0.6 is 0 Å². The molecular weight excluding hydrogens is 239 g/mol. The highest BCUT2D eigenvalue weighted by Crippen LogP contribution is 2.37. The normalized spacial score (nSPS) is 18.8. The summed E-state index contributed by atoms with van der Waals surface area (Å²) in [5.74, 6) is -1.91. The Hall–Kier alpha value is -2.11. The Labute approximate surface area is 103 Å². The first kappa shape index (κ1) is 12.3. The lowest BCUT2D eigenvalue weighted by Gasteiger charge is -2.39. The number of anilines is 2. The van der Waals surface area contributed by atoms with Gasteiger partial charge in [-0.1, -0.05) is 6.07 Å². The van der Waals surface area contributed by atoms with Crippen LogP contribution in [0, 0.1) is 5.82 Å². The Morgan fingerprint density at radius 2 is 2.11 bits per heavy atom. The van der Waals surface area contributed by atoms with Crippen molar-refractivity contribution < 1.29 is 19.1 Å². The number of aliphatic carboxylic acids is 1. The van der Waals surface area contributed by atoms with Crippen molar-refractivity contribution in [1.29, 1.82) is 0 Å². The summed E-state index contributed by atoms with van der Waals surface area (Å²) in [4.78, 5) is 25.5. The average Bonchev–Trinajstić information content (AvgIpc) is 2.31. The Bertz CT molecular complexity index is 518. The molecular formula is C12H13FN2O3. The van der Waals surface area contributed by atoms with E-state index in [1.165, 1.54) is 36.0 Å². The number of hydrogen-bond donors (Lipinski definition) is 1. The van der Waals surface area contributed by atoms with Crippen LogP contribution in [-0.4, -0.2) is 37.1 Å². The lowest BCUT2D eigenvalue weighted by Crippen LogP contribution is -2.51. The van der Waals surface area contributed by atoms with Gasteiger partial charge in [-0.2, -0.15) is 0 Å². The number of hydrogen-bond acceptors (Lipinski definition) is 3. The summed E-state index contributed by atoms with van der Waals surface area (Å²) in [6.45, 7) is 0. The van der Waals surface area contributed by atoms with Gasteiger partial charge in [-0.25, -0.2) is 4.39 Å². The molecule has 1 unspecified atom stereocenters. The van der Waals surface area contributed by atoms with Crippen molar-refractivity contribution in [1.82, 2.24) is 0 Å². The molecule has 0 saturated heterocycles.